The van der Waals surface area contributed by atoms with Crippen LogP contribution in [0.25, 0.3) is 0 Å². The van der Waals surface area contributed by atoms with Gasteiger partial charge >= 0.3 is 5.97 Å². The predicted octanol–water partition coefficient (Wildman–Crippen LogP) is 2.44. The van der Waals surface area contributed by atoms with Gasteiger partial charge in [-0.15, -0.1) is 0 Å². The van der Waals surface area contributed by atoms with E-state index in [-0.39, 0.29) is 52.3 Å². The quantitative estimate of drug-likeness (QED) is 0.539. The van der Waals surface area contributed by atoms with Gasteiger partial charge in [-0.2, -0.15) is 0 Å². The minimum absolute atomic E-state index is 0.0257. The van der Waals surface area contributed by atoms with E-state index in [0.29, 0.717) is 19.3 Å². The fraction of sp³-hybridized carbons (Fsp3) is 0.783. The summed E-state index contributed by atoms with van der Waals surface area (Å²) in [7, 11) is 0. The number of fused-ring (bicyclic) bond motifs is 4. The Morgan fingerprint density at radius 1 is 1.17 bits per heavy atom. The van der Waals surface area contributed by atoms with Gasteiger partial charge in [0, 0.05) is 35.5 Å². The molecule has 0 bridgehead atoms. The minimum Gasteiger partial charge on any atom is -0.458 e. The molecule has 6 aliphatic rings. The van der Waals surface area contributed by atoms with Crippen molar-refractivity contribution >= 4 is 17.7 Å². The minimum atomic E-state index is -0.422. The number of carbonyl (C=O) groups excluding carboxylic acids is 3. The van der Waals surface area contributed by atoms with Crippen molar-refractivity contribution in [3.8, 4) is 0 Å². The van der Waals surface area contributed by atoms with E-state index in [1.54, 1.807) is 6.08 Å². The predicted molar refractivity (Wildman–Crippen MR) is 102 cm³/mol. The van der Waals surface area contributed by atoms with E-state index in [2.05, 4.69) is 13.8 Å². The normalized spacial score (nSPS) is 54.8. The van der Waals surface area contributed by atoms with Crippen molar-refractivity contribution in [2.75, 3.05) is 0 Å². The molecule has 5 fully saturated rings. The molecule has 1 amide bonds. The Hall–Kier alpha value is -1.69. The maximum Gasteiger partial charge on any atom is 0.306 e. The summed E-state index contributed by atoms with van der Waals surface area (Å²) in [5.41, 5.74) is 5.77. The number of nitrogens with two attached hydrogens (primary N) is 1. The molecule has 0 aromatic rings. The Bertz CT molecular complexity index is 896. The monoisotopic (exact) mass is 399 g/mol. The Morgan fingerprint density at radius 2 is 1.97 bits per heavy atom. The van der Waals surface area contributed by atoms with E-state index < -0.39 is 11.2 Å². The molecule has 3 unspecified atom stereocenters. The average molecular weight is 399 g/mol. The lowest BCUT2D eigenvalue weighted by Gasteiger charge is -2.58. The molecule has 156 valence electrons. The van der Waals surface area contributed by atoms with Crippen molar-refractivity contribution in [1.29, 1.82) is 0 Å². The number of primary amides is 1. The molecule has 4 aliphatic carbocycles. The number of ketones is 1. The van der Waals surface area contributed by atoms with E-state index in [1.807, 2.05) is 0 Å². The average Bonchev–Trinajstić information content (AvgIpc) is 3.14. The summed E-state index contributed by atoms with van der Waals surface area (Å²) in [6.45, 7) is 4.49. The molecule has 2 aliphatic heterocycles. The number of hydrogen-bond donors (Lipinski definition) is 1. The Labute approximate surface area is 170 Å². The lowest BCUT2D eigenvalue weighted by molar-refractivity contribution is -0.167. The van der Waals surface area contributed by atoms with Crippen LogP contribution >= 0.6 is 0 Å². The third-order valence-corrected chi connectivity index (χ3v) is 10.1. The van der Waals surface area contributed by atoms with Crippen molar-refractivity contribution in [3.05, 3.63) is 11.6 Å². The molecule has 3 saturated carbocycles. The molecule has 2 N–H and O–H groups in total. The standard InChI is InChI=1S/C23H29NO5/c1-20-6-3-13(25)9-12(20)10-14(19(24)27)18-15-4-7-22(8-5-17(26)29-22)21(15,2)11-16-23(18,20)28-16/h9,14-16,18H,3-8,10-11H2,1-2H3,(H2,24,27)/t14?,15?,16-,18?,20+,21+,22-,23-/m1/s1. The van der Waals surface area contributed by atoms with Gasteiger partial charge in [-0.3, -0.25) is 14.4 Å². The van der Waals surface area contributed by atoms with Gasteiger partial charge in [-0.25, -0.2) is 0 Å². The number of amides is 1. The molecular weight excluding hydrogens is 370 g/mol. The number of ether oxygens (including phenoxy) is 2. The molecule has 6 rings (SSSR count). The van der Waals surface area contributed by atoms with Gasteiger partial charge in [-0.05, 0) is 50.5 Å². The SMILES string of the molecule is C[C@]12CCC(=O)C=C1CC(C(N)=O)C1C3CC[C@@]4(CCC(=O)O4)[C@@]3(C)C[C@H]3O[C@@]132. The van der Waals surface area contributed by atoms with Crippen LogP contribution in [-0.4, -0.2) is 35.0 Å². The summed E-state index contributed by atoms with van der Waals surface area (Å²) < 4.78 is 12.6. The van der Waals surface area contributed by atoms with E-state index in [1.165, 1.54) is 0 Å². The van der Waals surface area contributed by atoms with Crippen LogP contribution in [0.5, 0.6) is 0 Å². The van der Waals surface area contributed by atoms with Gasteiger partial charge in [0.2, 0.25) is 5.91 Å². The van der Waals surface area contributed by atoms with Crippen molar-refractivity contribution in [2.24, 2.45) is 34.3 Å². The molecule has 2 saturated heterocycles. The van der Waals surface area contributed by atoms with Crippen LogP contribution in [0.4, 0.5) is 0 Å². The van der Waals surface area contributed by atoms with Crippen molar-refractivity contribution in [3.63, 3.8) is 0 Å². The number of rotatable bonds is 1. The Kier molecular flexibility index (Phi) is 3.20. The van der Waals surface area contributed by atoms with Gasteiger partial charge in [0.25, 0.3) is 0 Å². The first-order valence-corrected chi connectivity index (χ1v) is 11.1. The van der Waals surface area contributed by atoms with Crippen LogP contribution in [0.15, 0.2) is 11.6 Å². The van der Waals surface area contributed by atoms with Gasteiger partial charge in [0.1, 0.15) is 11.2 Å². The highest BCUT2D eigenvalue weighted by molar-refractivity contribution is 5.92. The zero-order chi connectivity index (χ0) is 20.4. The van der Waals surface area contributed by atoms with Crippen molar-refractivity contribution in [2.45, 2.75) is 82.5 Å². The fourth-order valence-electron chi connectivity index (χ4n) is 8.58. The first kappa shape index (κ1) is 18.1. The van der Waals surface area contributed by atoms with Crippen LogP contribution in [0, 0.1) is 28.6 Å². The fourth-order valence-corrected chi connectivity index (χ4v) is 8.58. The Balaban J connectivity index is 1.49. The summed E-state index contributed by atoms with van der Waals surface area (Å²) >= 11 is 0. The number of esters is 1. The lowest BCUT2D eigenvalue weighted by atomic mass is 9.43. The highest BCUT2D eigenvalue weighted by atomic mass is 16.6. The maximum atomic E-state index is 12.7. The summed E-state index contributed by atoms with van der Waals surface area (Å²) in [5.74, 6) is -0.316. The second-order valence-corrected chi connectivity index (χ2v) is 10.8. The summed E-state index contributed by atoms with van der Waals surface area (Å²) in [4.78, 5) is 36.9. The van der Waals surface area contributed by atoms with E-state index in [9.17, 15) is 14.4 Å². The molecular formula is C23H29NO5. The highest BCUT2D eigenvalue weighted by Crippen LogP contribution is 2.78. The van der Waals surface area contributed by atoms with E-state index in [4.69, 9.17) is 15.2 Å². The zero-order valence-electron chi connectivity index (χ0n) is 17.2. The molecule has 8 atom stereocenters. The van der Waals surface area contributed by atoms with Crippen LogP contribution in [0.3, 0.4) is 0 Å². The van der Waals surface area contributed by atoms with Crippen LogP contribution < -0.4 is 5.73 Å². The van der Waals surface area contributed by atoms with Gasteiger partial charge in [0.15, 0.2) is 5.78 Å². The van der Waals surface area contributed by atoms with Crippen LogP contribution in [0.2, 0.25) is 0 Å². The second-order valence-electron chi connectivity index (χ2n) is 10.8. The van der Waals surface area contributed by atoms with Crippen molar-refractivity contribution < 1.29 is 23.9 Å². The second kappa shape index (κ2) is 5.13. The first-order valence-electron chi connectivity index (χ1n) is 11.1. The number of hydrogen-bond acceptors (Lipinski definition) is 5. The van der Waals surface area contributed by atoms with Crippen LogP contribution in [0.1, 0.15) is 65.2 Å². The molecule has 6 heteroatoms. The van der Waals surface area contributed by atoms with E-state index in [0.717, 1.165) is 37.7 Å². The van der Waals surface area contributed by atoms with Gasteiger partial charge in [-0.1, -0.05) is 19.4 Å². The molecule has 6 nitrogen and oxygen atoms in total. The van der Waals surface area contributed by atoms with Gasteiger partial charge in [0.05, 0.1) is 6.10 Å². The summed E-state index contributed by atoms with van der Waals surface area (Å²) in [5, 5.41) is 0. The smallest absolute Gasteiger partial charge is 0.306 e. The third kappa shape index (κ3) is 1.86. The largest absolute Gasteiger partial charge is 0.458 e. The first-order chi connectivity index (χ1) is 13.7. The lowest BCUT2D eigenvalue weighted by Crippen LogP contribution is -2.63. The highest BCUT2D eigenvalue weighted by Gasteiger charge is 2.83. The molecule has 0 aromatic heterocycles. The van der Waals surface area contributed by atoms with Crippen LogP contribution in [-0.2, 0) is 23.9 Å². The molecule has 2 heterocycles. The third-order valence-electron chi connectivity index (χ3n) is 10.1. The molecule has 29 heavy (non-hydrogen) atoms. The molecule has 0 radical (unpaired) electrons. The van der Waals surface area contributed by atoms with Crippen molar-refractivity contribution in [1.82, 2.24) is 0 Å². The maximum absolute atomic E-state index is 12.7. The van der Waals surface area contributed by atoms with E-state index >= 15 is 0 Å². The molecule has 0 aromatic carbocycles. The Morgan fingerprint density at radius 3 is 2.66 bits per heavy atom. The summed E-state index contributed by atoms with van der Waals surface area (Å²) in [6, 6.07) is 0. The van der Waals surface area contributed by atoms with Gasteiger partial charge < -0.3 is 15.2 Å². The zero-order valence-corrected chi connectivity index (χ0v) is 17.2. The number of carbonyl (C=O) groups is 3. The molecule has 2 spiro atoms. The topological polar surface area (TPSA) is 99.0 Å². The number of epoxide rings is 1. The summed E-state index contributed by atoms with van der Waals surface area (Å²) in [6.07, 6.45) is 7.57.